The van der Waals surface area contributed by atoms with Crippen molar-refractivity contribution >= 4 is 11.6 Å². The van der Waals surface area contributed by atoms with Gasteiger partial charge in [0.05, 0.1) is 12.7 Å². The van der Waals surface area contributed by atoms with Crippen molar-refractivity contribution in [1.29, 1.82) is 0 Å². The van der Waals surface area contributed by atoms with Gasteiger partial charge in [-0.2, -0.15) is 0 Å². The molecule has 0 radical (unpaired) electrons. The average Bonchev–Trinajstić information content (AvgIpc) is 2.99. The molecule has 0 spiro atoms. The molecule has 0 bridgehead atoms. The van der Waals surface area contributed by atoms with Gasteiger partial charge >= 0.3 is 0 Å². The molecule has 4 rings (SSSR count). The molecule has 0 saturated carbocycles. The van der Waals surface area contributed by atoms with Gasteiger partial charge in [-0.1, -0.05) is 18.2 Å². The molecule has 5 heteroatoms. The zero-order valence-electron chi connectivity index (χ0n) is 13.4. The molecule has 0 atom stereocenters. The zero-order chi connectivity index (χ0) is 17.2. The smallest absolute Gasteiger partial charge is 0.258 e. The van der Waals surface area contributed by atoms with Crippen LogP contribution in [0.4, 0.5) is 10.1 Å². The van der Waals surface area contributed by atoms with Crippen LogP contribution < -0.4 is 9.64 Å². The van der Waals surface area contributed by atoms with E-state index in [1.54, 1.807) is 41.6 Å². The highest BCUT2D eigenvalue weighted by Crippen LogP contribution is 2.29. The van der Waals surface area contributed by atoms with Crippen molar-refractivity contribution in [2.75, 3.05) is 4.90 Å². The molecule has 1 aromatic heterocycles. The van der Waals surface area contributed by atoms with Crippen LogP contribution in [-0.4, -0.2) is 10.9 Å². The molecule has 0 unspecified atom stereocenters. The van der Waals surface area contributed by atoms with E-state index >= 15 is 0 Å². The predicted molar refractivity (Wildman–Crippen MR) is 91.9 cm³/mol. The maximum atomic E-state index is 14.1. The predicted octanol–water partition coefficient (Wildman–Crippen LogP) is 3.96. The summed E-state index contributed by atoms with van der Waals surface area (Å²) in [6.07, 6.45) is 3.22. The standard InChI is InChI=1S/C20H15FN2O2/c21-19-8-7-16(10-15(19)13-25-17-5-3-9-22-11-17)23-12-14-4-1-2-6-18(14)20(23)24/h1-11H,12-13H2. The summed E-state index contributed by atoms with van der Waals surface area (Å²) in [7, 11) is 0. The van der Waals surface area contributed by atoms with Crippen LogP contribution in [0.1, 0.15) is 21.5 Å². The van der Waals surface area contributed by atoms with E-state index in [0.717, 1.165) is 5.56 Å². The van der Waals surface area contributed by atoms with Crippen molar-refractivity contribution in [2.24, 2.45) is 0 Å². The molecule has 1 aliphatic rings. The molecule has 2 aromatic carbocycles. The van der Waals surface area contributed by atoms with Crippen molar-refractivity contribution in [1.82, 2.24) is 4.98 Å². The largest absolute Gasteiger partial charge is 0.487 e. The summed E-state index contributed by atoms with van der Waals surface area (Å²) in [5.74, 6) is 0.134. The number of hydrogen-bond donors (Lipinski definition) is 0. The topological polar surface area (TPSA) is 42.4 Å². The average molecular weight is 334 g/mol. The van der Waals surface area contributed by atoms with Gasteiger partial charge in [0.1, 0.15) is 18.2 Å². The van der Waals surface area contributed by atoms with Crippen LogP contribution in [0.3, 0.4) is 0 Å². The number of nitrogens with zero attached hydrogens (tertiary/aromatic N) is 2. The van der Waals surface area contributed by atoms with E-state index < -0.39 is 0 Å². The minimum Gasteiger partial charge on any atom is -0.487 e. The van der Waals surface area contributed by atoms with Crippen LogP contribution in [0.5, 0.6) is 5.75 Å². The van der Waals surface area contributed by atoms with E-state index in [1.807, 2.05) is 24.3 Å². The molecule has 124 valence electrons. The minimum atomic E-state index is -0.364. The molecule has 25 heavy (non-hydrogen) atoms. The Morgan fingerprint density at radius 2 is 2.00 bits per heavy atom. The van der Waals surface area contributed by atoms with Gasteiger partial charge in [0, 0.05) is 23.0 Å². The van der Waals surface area contributed by atoms with E-state index in [-0.39, 0.29) is 18.3 Å². The van der Waals surface area contributed by atoms with E-state index in [1.165, 1.54) is 6.07 Å². The molecular formula is C20H15FN2O2. The van der Waals surface area contributed by atoms with Gasteiger partial charge in [0.15, 0.2) is 0 Å². The van der Waals surface area contributed by atoms with E-state index in [0.29, 0.717) is 29.1 Å². The Labute approximate surface area is 144 Å². The summed E-state index contributed by atoms with van der Waals surface area (Å²) in [6.45, 7) is 0.559. The Kier molecular flexibility index (Phi) is 3.90. The van der Waals surface area contributed by atoms with Gasteiger partial charge < -0.3 is 9.64 Å². The number of pyridine rings is 1. The van der Waals surface area contributed by atoms with Crippen LogP contribution in [0.2, 0.25) is 0 Å². The Hall–Kier alpha value is -3.21. The number of aromatic nitrogens is 1. The molecule has 0 aliphatic carbocycles. The first-order valence-electron chi connectivity index (χ1n) is 7.93. The normalized spacial score (nSPS) is 13.0. The van der Waals surface area contributed by atoms with Gasteiger partial charge in [-0.3, -0.25) is 9.78 Å². The molecule has 2 heterocycles. The van der Waals surface area contributed by atoms with Crippen LogP contribution in [0.15, 0.2) is 67.0 Å². The summed E-state index contributed by atoms with van der Waals surface area (Å²) in [5, 5.41) is 0. The molecule has 3 aromatic rings. The maximum Gasteiger partial charge on any atom is 0.258 e. The van der Waals surface area contributed by atoms with Crippen molar-refractivity contribution in [3.63, 3.8) is 0 Å². The molecule has 1 aliphatic heterocycles. The Bertz CT molecular complexity index is 928. The Morgan fingerprint density at radius 1 is 1.12 bits per heavy atom. The number of hydrogen-bond acceptors (Lipinski definition) is 3. The number of ether oxygens (including phenoxy) is 1. The summed E-state index contributed by atoms with van der Waals surface area (Å²) in [5.41, 5.74) is 2.72. The van der Waals surface area contributed by atoms with Crippen molar-refractivity contribution in [3.05, 3.63) is 89.5 Å². The fraction of sp³-hybridized carbons (Fsp3) is 0.100. The summed E-state index contributed by atoms with van der Waals surface area (Å²) >= 11 is 0. The number of anilines is 1. The van der Waals surface area contributed by atoms with Crippen LogP contribution in [-0.2, 0) is 13.2 Å². The van der Waals surface area contributed by atoms with Crippen LogP contribution in [0, 0.1) is 5.82 Å². The lowest BCUT2D eigenvalue weighted by atomic mass is 10.1. The molecule has 1 amide bonds. The fourth-order valence-electron chi connectivity index (χ4n) is 2.90. The molecule has 0 saturated heterocycles. The second kappa shape index (κ2) is 6.36. The molecule has 4 nitrogen and oxygen atoms in total. The first-order chi connectivity index (χ1) is 12.2. The number of amides is 1. The van der Waals surface area contributed by atoms with Gasteiger partial charge in [-0.05, 0) is 42.0 Å². The van der Waals surface area contributed by atoms with Crippen LogP contribution >= 0.6 is 0 Å². The number of halogens is 1. The highest BCUT2D eigenvalue weighted by atomic mass is 19.1. The maximum absolute atomic E-state index is 14.1. The van der Waals surface area contributed by atoms with Gasteiger partial charge in [-0.25, -0.2) is 4.39 Å². The lowest BCUT2D eigenvalue weighted by molar-refractivity contribution is 0.0996. The van der Waals surface area contributed by atoms with Crippen molar-refractivity contribution in [3.8, 4) is 5.75 Å². The molecular weight excluding hydrogens is 319 g/mol. The minimum absolute atomic E-state index is 0.0682. The summed E-state index contributed by atoms with van der Waals surface area (Å²) in [4.78, 5) is 18.2. The van der Waals surface area contributed by atoms with Crippen LogP contribution in [0.25, 0.3) is 0 Å². The lowest BCUT2D eigenvalue weighted by Gasteiger charge is -2.17. The second-order valence-electron chi connectivity index (χ2n) is 5.80. The Balaban J connectivity index is 1.57. The monoisotopic (exact) mass is 334 g/mol. The SMILES string of the molecule is O=C1c2ccccc2CN1c1ccc(F)c(COc2cccnc2)c1. The van der Waals surface area contributed by atoms with Crippen molar-refractivity contribution < 1.29 is 13.9 Å². The fourth-order valence-corrected chi connectivity index (χ4v) is 2.90. The summed E-state index contributed by atoms with van der Waals surface area (Å²) in [6, 6.07) is 15.7. The molecule has 0 N–H and O–H groups in total. The first-order valence-corrected chi connectivity index (χ1v) is 7.93. The highest BCUT2D eigenvalue weighted by Gasteiger charge is 2.28. The third kappa shape index (κ3) is 2.96. The second-order valence-corrected chi connectivity index (χ2v) is 5.80. The quantitative estimate of drug-likeness (QED) is 0.725. The van der Waals surface area contributed by atoms with E-state index in [2.05, 4.69) is 4.98 Å². The number of fused-ring (bicyclic) bond motifs is 1. The highest BCUT2D eigenvalue weighted by molar-refractivity contribution is 6.10. The zero-order valence-corrected chi connectivity index (χ0v) is 13.4. The number of carbonyl (C=O) groups is 1. The van der Waals surface area contributed by atoms with E-state index in [9.17, 15) is 9.18 Å². The number of rotatable bonds is 4. The van der Waals surface area contributed by atoms with E-state index in [4.69, 9.17) is 4.74 Å². The van der Waals surface area contributed by atoms with Gasteiger partial charge in [0.25, 0.3) is 5.91 Å². The molecule has 0 fully saturated rings. The third-order valence-corrected chi connectivity index (χ3v) is 4.19. The Morgan fingerprint density at radius 3 is 2.80 bits per heavy atom. The lowest BCUT2D eigenvalue weighted by Crippen LogP contribution is -2.23. The summed E-state index contributed by atoms with van der Waals surface area (Å²) < 4.78 is 19.7. The van der Waals surface area contributed by atoms with Gasteiger partial charge in [0.2, 0.25) is 0 Å². The first kappa shape index (κ1) is 15.3. The van der Waals surface area contributed by atoms with Crippen molar-refractivity contribution in [2.45, 2.75) is 13.2 Å². The number of carbonyl (C=O) groups excluding carboxylic acids is 1. The third-order valence-electron chi connectivity index (χ3n) is 4.19. The number of benzene rings is 2. The van der Waals surface area contributed by atoms with Gasteiger partial charge in [-0.15, -0.1) is 0 Å².